The Morgan fingerprint density at radius 3 is 1.12 bits per heavy atom. The second kappa shape index (κ2) is 4.66. The molecule has 50 valence electrons. The first-order valence-corrected chi connectivity index (χ1v) is 5.69. The molecule has 0 nitrogen and oxygen atoms in total. The van der Waals surface area contributed by atoms with Crippen LogP contribution in [0.2, 0.25) is 0 Å². The fraction of sp³-hybridized carbons (Fsp3) is 1.00. The summed E-state index contributed by atoms with van der Waals surface area (Å²) in [6.07, 6.45) is 0. The van der Waals surface area contributed by atoms with Crippen LogP contribution in [0.15, 0.2) is 0 Å². The Morgan fingerprint density at radius 2 is 1.12 bits per heavy atom. The van der Waals surface area contributed by atoms with Crippen LogP contribution >= 0.6 is 64.9 Å². The van der Waals surface area contributed by atoms with Gasteiger partial charge in [-0.3, -0.25) is 0 Å². The number of halogens is 5. The van der Waals surface area contributed by atoms with Crippen LogP contribution < -0.4 is 0 Å². The second-order valence-corrected chi connectivity index (χ2v) is 7.20. The van der Waals surface area contributed by atoms with Gasteiger partial charge in [0.25, 0.3) is 0 Å². The lowest BCUT2D eigenvalue weighted by atomic mass is 11.8. The molecule has 0 saturated heterocycles. The van der Waals surface area contributed by atoms with Crippen molar-refractivity contribution in [1.82, 2.24) is 0 Å². The van der Waals surface area contributed by atoms with Gasteiger partial charge in [0.15, 0.2) is 0 Å². The van der Waals surface area contributed by atoms with Crippen LogP contribution in [-0.4, -0.2) is 9.15 Å². The molecule has 0 aromatic heterocycles. The molecule has 0 aromatic carbocycles. The fourth-order valence-corrected chi connectivity index (χ4v) is 2.30. The molecule has 0 atom stereocenters. The minimum absolute atomic E-state index is 0.647. The number of alkyl halides is 4. The molecule has 0 bridgehead atoms. The summed E-state index contributed by atoms with van der Waals surface area (Å²) in [6.45, 7) is 0. The largest absolute Gasteiger partial charge is 0.143 e. The average Bonchev–Trinajstić information content (AvgIpc) is 1.64. The lowest BCUT2D eigenvalue weighted by Gasteiger charge is -2.08. The maximum absolute atomic E-state index is 5.49. The Hall–Kier alpha value is 1.88. The summed E-state index contributed by atoms with van der Waals surface area (Å²) in [5.41, 5.74) is 0. The van der Waals surface area contributed by atoms with Crippen molar-refractivity contribution in [2.45, 2.75) is 9.15 Å². The van der Waals surface area contributed by atoms with Crippen LogP contribution in [0.4, 0.5) is 0 Å². The van der Waals surface area contributed by atoms with Crippen molar-refractivity contribution in [3.8, 4) is 0 Å². The third-order valence-electron chi connectivity index (χ3n) is 0.373. The van der Waals surface area contributed by atoms with E-state index in [9.17, 15) is 0 Å². The van der Waals surface area contributed by atoms with Gasteiger partial charge >= 0.3 is 0 Å². The van der Waals surface area contributed by atoms with Gasteiger partial charge in [0.05, 0.1) is 7.27 Å². The third-order valence-corrected chi connectivity index (χ3v) is 6.01. The van der Waals surface area contributed by atoms with Gasteiger partial charge in [-0.1, -0.05) is 57.6 Å². The van der Waals surface area contributed by atoms with Crippen molar-refractivity contribution in [3.63, 3.8) is 0 Å². The van der Waals surface area contributed by atoms with Gasteiger partial charge in [-0.2, -0.15) is 0 Å². The average molecular weight is 234 g/mol. The predicted octanol–water partition coefficient (Wildman–Crippen LogP) is 4.14. The standard InChI is InChI=1S/C2H2Cl5P/c3-1(4)8(7)2(5)6/h1-2H. The van der Waals surface area contributed by atoms with Gasteiger partial charge in [0.2, 0.25) is 0 Å². The van der Waals surface area contributed by atoms with Gasteiger partial charge in [-0.15, -0.1) is 0 Å². The lowest BCUT2D eigenvalue weighted by Crippen LogP contribution is -1.85. The van der Waals surface area contributed by atoms with Crippen molar-refractivity contribution >= 4 is 64.9 Å². The van der Waals surface area contributed by atoms with E-state index in [2.05, 4.69) is 0 Å². The molecule has 0 spiro atoms. The zero-order valence-electron chi connectivity index (χ0n) is 3.49. The molecule has 0 fully saturated rings. The zero-order valence-corrected chi connectivity index (χ0v) is 8.17. The number of rotatable bonds is 2. The molecule has 0 radical (unpaired) electrons. The van der Waals surface area contributed by atoms with E-state index >= 15 is 0 Å². The summed E-state index contributed by atoms with van der Waals surface area (Å²) in [6, 6.07) is 0. The van der Waals surface area contributed by atoms with Crippen LogP contribution in [0.3, 0.4) is 0 Å². The highest BCUT2D eigenvalue weighted by Gasteiger charge is 2.20. The molecule has 0 unspecified atom stereocenters. The van der Waals surface area contributed by atoms with E-state index in [1.54, 1.807) is 0 Å². The molecule has 0 rings (SSSR count). The highest BCUT2D eigenvalue weighted by molar-refractivity contribution is 7.89. The molecule has 0 aromatic rings. The van der Waals surface area contributed by atoms with E-state index in [1.807, 2.05) is 0 Å². The van der Waals surface area contributed by atoms with E-state index in [0.29, 0.717) is 0 Å². The topological polar surface area (TPSA) is 0 Å². The van der Waals surface area contributed by atoms with Crippen molar-refractivity contribution < 1.29 is 0 Å². The Kier molecular flexibility index (Phi) is 5.75. The van der Waals surface area contributed by atoms with Crippen LogP contribution in [0, 0.1) is 0 Å². The Labute approximate surface area is 73.9 Å². The minimum atomic E-state index is -1.16. The van der Waals surface area contributed by atoms with E-state index < -0.39 is 16.4 Å². The monoisotopic (exact) mass is 232 g/mol. The van der Waals surface area contributed by atoms with Crippen molar-refractivity contribution in [2.75, 3.05) is 0 Å². The van der Waals surface area contributed by atoms with Crippen molar-refractivity contribution in [3.05, 3.63) is 0 Å². The Bertz CT molecular complexity index is 55.4. The van der Waals surface area contributed by atoms with Gasteiger partial charge in [0.1, 0.15) is 9.15 Å². The molecule has 0 aliphatic heterocycles. The van der Waals surface area contributed by atoms with Crippen LogP contribution in [0.5, 0.6) is 0 Å². The lowest BCUT2D eigenvalue weighted by molar-refractivity contribution is 1.82. The summed E-state index contributed by atoms with van der Waals surface area (Å²) >= 11 is 26.8. The fourth-order valence-electron chi connectivity index (χ4n) is 0.0852. The van der Waals surface area contributed by atoms with E-state index in [0.717, 1.165) is 0 Å². The minimum Gasteiger partial charge on any atom is -0.0988 e. The van der Waals surface area contributed by atoms with Gasteiger partial charge in [-0.25, -0.2) is 0 Å². The van der Waals surface area contributed by atoms with Crippen molar-refractivity contribution in [1.29, 1.82) is 0 Å². The van der Waals surface area contributed by atoms with Gasteiger partial charge < -0.3 is 0 Å². The highest BCUT2D eigenvalue weighted by Crippen LogP contribution is 2.57. The first-order valence-electron chi connectivity index (χ1n) is 1.56. The molecule has 6 heteroatoms. The molecule has 0 saturated carbocycles. The third kappa shape index (κ3) is 3.82. The molecule has 8 heavy (non-hydrogen) atoms. The summed E-state index contributed by atoms with van der Waals surface area (Å²) in [5, 5.41) is 0. The molecular weight excluding hydrogens is 232 g/mol. The van der Waals surface area contributed by atoms with E-state index in [4.69, 9.17) is 57.6 Å². The van der Waals surface area contributed by atoms with Crippen LogP contribution in [-0.2, 0) is 0 Å². The van der Waals surface area contributed by atoms with Crippen molar-refractivity contribution in [2.24, 2.45) is 0 Å². The maximum atomic E-state index is 5.49. The molecule has 0 heterocycles. The first-order chi connectivity index (χ1) is 3.55. The highest BCUT2D eigenvalue weighted by atomic mass is 35.7. The smallest absolute Gasteiger partial charge is 0.0988 e. The number of hydrogen-bond donors (Lipinski definition) is 0. The molecule has 0 N–H and O–H groups in total. The number of hydrogen-bond acceptors (Lipinski definition) is 0. The second-order valence-electron chi connectivity index (χ2n) is 0.900. The SMILES string of the molecule is ClC(Cl)P(Cl)C(Cl)Cl. The summed E-state index contributed by atoms with van der Waals surface area (Å²) in [4.78, 5) is 0. The van der Waals surface area contributed by atoms with Gasteiger partial charge in [-0.05, 0) is 0 Å². The molecule has 0 aliphatic rings. The molecular formula is C2H2Cl5P. The zero-order chi connectivity index (χ0) is 6.73. The van der Waals surface area contributed by atoms with E-state index in [1.165, 1.54) is 0 Å². The maximum Gasteiger partial charge on any atom is 0.143 e. The van der Waals surface area contributed by atoms with Gasteiger partial charge in [0, 0.05) is 0 Å². The van der Waals surface area contributed by atoms with E-state index in [-0.39, 0.29) is 0 Å². The normalized spacial score (nSPS) is 12.0. The Morgan fingerprint density at radius 1 is 0.875 bits per heavy atom. The predicted molar refractivity (Wildman–Crippen MR) is 43.8 cm³/mol. The summed E-state index contributed by atoms with van der Waals surface area (Å²) < 4.78 is -1.29. The first kappa shape index (κ1) is 9.88. The van der Waals surface area contributed by atoms with Crippen LogP contribution in [0.25, 0.3) is 0 Å². The summed E-state index contributed by atoms with van der Waals surface area (Å²) in [5.74, 6) is 0. The molecule has 0 amide bonds. The quantitative estimate of drug-likeness (QED) is 0.497. The summed E-state index contributed by atoms with van der Waals surface area (Å²) in [7, 11) is -1.16. The van der Waals surface area contributed by atoms with Crippen LogP contribution in [0.1, 0.15) is 0 Å². The Balaban J connectivity index is 3.46. The molecule has 0 aliphatic carbocycles.